The van der Waals surface area contributed by atoms with Gasteiger partial charge in [-0.25, -0.2) is 13.1 Å². The van der Waals surface area contributed by atoms with Crippen LogP contribution >= 0.6 is 0 Å². The van der Waals surface area contributed by atoms with Crippen LogP contribution in [0.5, 0.6) is 0 Å². The standard InChI is InChI=1S/C21H30N6O2S/c1-2-23-21(24-11-12-25-30(28,29)20-9-6-10-22-17-20)27-15-13-26(14-16-27)18-19-7-4-3-5-8-19/h3-10,17,25H,2,11-16,18H2,1H3,(H,23,24). The smallest absolute Gasteiger partial charge is 0.242 e. The van der Waals surface area contributed by atoms with Gasteiger partial charge in [0.15, 0.2) is 5.96 Å². The Labute approximate surface area is 179 Å². The molecule has 0 amide bonds. The second kappa shape index (κ2) is 11.1. The lowest BCUT2D eigenvalue weighted by molar-refractivity contribution is 0.172. The minimum Gasteiger partial charge on any atom is -0.357 e. The van der Waals surface area contributed by atoms with Crippen molar-refractivity contribution in [1.82, 2.24) is 24.8 Å². The lowest BCUT2D eigenvalue weighted by atomic mass is 10.2. The normalized spacial score (nSPS) is 15.9. The van der Waals surface area contributed by atoms with Gasteiger partial charge in [-0.15, -0.1) is 0 Å². The molecule has 1 aliphatic heterocycles. The first-order valence-electron chi connectivity index (χ1n) is 10.3. The Morgan fingerprint density at radius 1 is 1.10 bits per heavy atom. The molecule has 1 fully saturated rings. The van der Waals surface area contributed by atoms with E-state index >= 15 is 0 Å². The second-order valence-electron chi connectivity index (χ2n) is 7.07. The highest BCUT2D eigenvalue weighted by molar-refractivity contribution is 7.89. The highest BCUT2D eigenvalue weighted by Gasteiger charge is 2.19. The Hall–Kier alpha value is -2.49. The van der Waals surface area contributed by atoms with Gasteiger partial charge in [0, 0.05) is 58.2 Å². The van der Waals surface area contributed by atoms with E-state index in [9.17, 15) is 8.42 Å². The maximum atomic E-state index is 12.3. The molecular formula is C21H30N6O2S. The molecule has 1 saturated heterocycles. The first kappa shape index (κ1) is 22.2. The number of nitrogens with one attached hydrogen (secondary N) is 2. The van der Waals surface area contributed by atoms with Crippen molar-refractivity contribution in [2.24, 2.45) is 4.99 Å². The van der Waals surface area contributed by atoms with Crippen LogP contribution in [0.25, 0.3) is 0 Å². The van der Waals surface area contributed by atoms with Crippen LogP contribution in [0.4, 0.5) is 0 Å². The lowest BCUT2D eigenvalue weighted by Gasteiger charge is -2.36. The predicted molar refractivity (Wildman–Crippen MR) is 119 cm³/mol. The van der Waals surface area contributed by atoms with E-state index in [1.165, 1.54) is 17.8 Å². The van der Waals surface area contributed by atoms with Crippen molar-refractivity contribution in [2.45, 2.75) is 18.4 Å². The number of piperazine rings is 1. The highest BCUT2D eigenvalue weighted by Crippen LogP contribution is 2.09. The summed E-state index contributed by atoms with van der Waals surface area (Å²) in [5.41, 5.74) is 1.33. The Morgan fingerprint density at radius 3 is 2.53 bits per heavy atom. The Bertz CT molecular complexity index is 898. The van der Waals surface area contributed by atoms with Gasteiger partial charge in [0.1, 0.15) is 4.90 Å². The fourth-order valence-corrected chi connectivity index (χ4v) is 4.30. The summed E-state index contributed by atoms with van der Waals surface area (Å²) in [4.78, 5) is 13.3. The lowest BCUT2D eigenvalue weighted by Crippen LogP contribution is -2.52. The third-order valence-electron chi connectivity index (χ3n) is 4.87. The molecule has 2 N–H and O–H groups in total. The molecule has 0 aliphatic carbocycles. The summed E-state index contributed by atoms with van der Waals surface area (Å²) >= 11 is 0. The van der Waals surface area contributed by atoms with Crippen LogP contribution in [-0.4, -0.2) is 75.0 Å². The van der Waals surface area contributed by atoms with Gasteiger partial charge in [-0.05, 0) is 24.6 Å². The number of hydrogen-bond donors (Lipinski definition) is 2. The molecule has 1 aromatic heterocycles. The Kier molecular flexibility index (Phi) is 8.18. The molecule has 30 heavy (non-hydrogen) atoms. The van der Waals surface area contributed by atoms with Gasteiger partial charge in [-0.1, -0.05) is 30.3 Å². The third-order valence-corrected chi connectivity index (χ3v) is 6.31. The number of rotatable bonds is 8. The van der Waals surface area contributed by atoms with Gasteiger partial charge >= 0.3 is 0 Å². The molecule has 2 aromatic rings. The number of pyridine rings is 1. The summed E-state index contributed by atoms with van der Waals surface area (Å²) in [6.07, 6.45) is 2.89. The SMILES string of the molecule is CCNC(=NCCNS(=O)(=O)c1cccnc1)N1CCN(Cc2ccccc2)CC1. The van der Waals surface area contributed by atoms with Crippen molar-refractivity contribution < 1.29 is 8.42 Å². The van der Waals surface area contributed by atoms with Crippen LogP contribution < -0.4 is 10.0 Å². The van der Waals surface area contributed by atoms with Crippen LogP contribution in [0.15, 0.2) is 64.7 Å². The van der Waals surface area contributed by atoms with Gasteiger partial charge in [0.05, 0.1) is 6.54 Å². The number of hydrogen-bond acceptors (Lipinski definition) is 5. The van der Waals surface area contributed by atoms with E-state index in [1.807, 2.05) is 13.0 Å². The number of sulfonamides is 1. The molecular weight excluding hydrogens is 400 g/mol. The maximum Gasteiger partial charge on any atom is 0.242 e. The zero-order chi connectivity index (χ0) is 21.2. The van der Waals surface area contributed by atoms with Crippen LogP contribution in [0.3, 0.4) is 0 Å². The first-order valence-corrected chi connectivity index (χ1v) is 11.8. The molecule has 2 heterocycles. The molecule has 0 bridgehead atoms. The van der Waals surface area contributed by atoms with Crippen LogP contribution in [-0.2, 0) is 16.6 Å². The van der Waals surface area contributed by atoms with E-state index < -0.39 is 10.0 Å². The summed E-state index contributed by atoms with van der Waals surface area (Å²) < 4.78 is 27.1. The number of aromatic nitrogens is 1. The van der Waals surface area contributed by atoms with E-state index in [-0.39, 0.29) is 11.4 Å². The molecule has 0 saturated carbocycles. The van der Waals surface area contributed by atoms with Crippen LogP contribution in [0.1, 0.15) is 12.5 Å². The largest absolute Gasteiger partial charge is 0.357 e. The predicted octanol–water partition coefficient (Wildman–Crippen LogP) is 1.14. The molecule has 9 heteroatoms. The average molecular weight is 431 g/mol. The zero-order valence-corrected chi connectivity index (χ0v) is 18.2. The topological polar surface area (TPSA) is 89.9 Å². The summed E-state index contributed by atoms with van der Waals surface area (Å²) in [5.74, 6) is 0.831. The van der Waals surface area contributed by atoms with E-state index in [0.717, 1.165) is 45.2 Å². The summed E-state index contributed by atoms with van der Waals surface area (Å²) in [6, 6.07) is 13.6. The number of benzene rings is 1. The van der Waals surface area contributed by atoms with E-state index in [4.69, 9.17) is 0 Å². The monoisotopic (exact) mass is 430 g/mol. The third kappa shape index (κ3) is 6.51. The molecule has 1 aliphatic rings. The Balaban J connectivity index is 1.49. The van der Waals surface area contributed by atoms with Crippen molar-refractivity contribution >= 4 is 16.0 Å². The summed E-state index contributed by atoms with van der Waals surface area (Å²) in [7, 11) is -3.55. The minimum atomic E-state index is -3.55. The molecule has 0 unspecified atom stereocenters. The van der Waals surface area contributed by atoms with Crippen LogP contribution in [0, 0.1) is 0 Å². The van der Waals surface area contributed by atoms with Crippen LogP contribution in [0.2, 0.25) is 0 Å². The fourth-order valence-electron chi connectivity index (χ4n) is 3.32. The van der Waals surface area contributed by atoms with Gasteiger partial charge < -0.3 is 10.2 Å². The Morgan fingerprint density at radius 2 is 1.87 bits per heavy atom. The van der Waals surface area contributed by atoms with Crippen molar-refractivity contribution in [1.29, 1.82) is 0 Å². The van der Waals surface area contributed by atoms with Gasteiger partial charge in [-0.3, -0.25) is 14.9 Å². The average Bonchev–Trinajstić information content (AvgIpc) is 2.78. The highest BCUT2D eigenvalue weighted by atomic mass is 32.2. The van der Waals surface area contributed by atoms with E-state index in [0.29, 0.717) is 6.54 Å². The van der Waals surface area contributed by atoms with Gasteiger partial charge in [-0.2, -0.15) is 0 Å². The number of aliphatic imine (C=N–C) groups is 1. The summed E-state index contributed by atoms with van der Waals surface area (Å²) in [5, 5.41) is 3.32. The second-order valence-corrected chi connectivity index (χ2v) is 8.84. The minimum absolute atomic E-state index is 0.162. The molecule has 0 atom stereocenters. The van der Waals surface area contributed by atoms with Gasteiger partial charge in [0.2, 0.25) is 10.0 Å². The molecule has 162 valence electrons. The molecule has 0 radical (unpaired) electrons. The van der Waals surface area contributed by atoms with E-state index in [1.54, 1.807) is 12.3 Å². The molecule has 3 rings (SSSR count). The van der Waals surface area contributed by atoms with E-state index in [2.05, 4.69) is 54.1 Å². The number of guanidine groups is 1. The van der Waals surface area contributed by atoms with Crippen molar-refractivity contribution in [3.63, 3.8) is 0 Å². The fraction of sp³-hybridized carbons (Fsp3) is 0.429. The quantitative estimate of drug-likeness (QED) is 0.371. The van der Waals surface area contributed by atoms with Crippen molar-refractivity contribution in [2.75, 3.05) is 45.8 Å². The van der Waals surface area contributed by atoms with Gasteiger partial charge in [0.25, 0.3) is 0 Å². The van der Waals surface area contributed by atoms with Crippen molar-refractivity contribution in [3.8, 4) is 0 Å². The summed E-state index contributed by atoms with van der Waals surface area (Å²) in [6.45, 7) is 8.07. The number of nitrogens with zero attached hydrogens (tertiary/aromatic N) is 4. The zero-order valence-electron chi connectivity index (χ0n) is 17.4. The molecule has 8 nitrogen and oxygen atoms in total. The molecule has 0 spiro atoms. The van der Waals surface area contributed by atoms with Crippen molar-refractivity contribution in [3.05, 3.63) is 60.4 Å². The maximum absolute atomic E-state index is 12.3. The first-order chi connectivity index (χ1) is 14.6. The molecule has 1 aromatic carbocycles.